The number of hydrogen-bond donors (Lipinski definition) is 0. The Balaban J connectivity index is 1.54. The average molecular weight is 357 g/mol. The molecule has 0 N–H and O–H groups in total. The molecule has 5 heteroatoms. The van der Waals surface area contributed by atoms with Crippen molar-refractivity contribution in [3.63, 3.8) is 0 Å². The second-order valence-electron chi connectivity index (χ2n) is 8.53. The van der Waals surface area contributed by atoms with Crippen molar-refractivity contribution in [1.82, 2.24) is 4.90 Å². The van der Waals surface area contributed by atoms with Gasteiger partial charge in [-0.25, -0.2) is 0 Å². The number of methoxy groups -OCH3 is 1. The first-order chi connectivity index (χ1) is 12.4. The van der Waals surface area contributed by atoms with Crippen LogP contribution in [0.3, 0.4) is 0 Å². The Labute approximate surface area is 154 Å². The number of ether oxygens (including phenoxy) is 2. The fourth-order valence-corrected chi connectivity index (χ4v) is 5.14. The van der Waals surface area contributed by atoms with Crippen molar-refractivity contribution in [2.45, 2.75) is 63.9 Å². The van der Waals surface area contributed by atoms with Gasteiger partial charge in [0, 0.05) is 24.9 Å². The highest BCUT2D eigenvalue weighted by atomic mass is 16.5. The van der Waals surface area contributed by atoms with Gasteiger partial charge in [0.25, 0.3) is 0 Å². The SMILES string of the molecule is COC(=O)C(C)(C)C[C@H]1OC2CC(=O)[C@@H]3C[C@H]1[C@H]2N3Cc1ccccc1. The van der Waals surface area contributed by atoms with Gasteiger partial charge in [-0.05, 0) is 32.3 Å². The first-order valence-electron chi connectivity index (χ1n) is 9.47. The van der Waals surface area contributed by atoms with Crippen LogP contribution in [0.25, 0.3) is 0 Å². The third kappa shape index (κ3) is 2.87. The topological polar surface area (TPSA) is 55.8 Å². The Bertz CT molecular complexity index is 701. The van der Waals surface area contributed by atoms with Gasteiger partial charge in [0.15, 0.2) is 5.78 Å². The molecule has 2 bridgehead atoms. The van der Waals surface area contributed by atoms with Crippen LogP contribution in [0.15, 0.2) is 30.3 Å². The molecule has 3 heterocycles. The lowest BCUT2D eigenvalue weighted by atomic mass is 9.81. The summed E-state index contributed by atoms with van der Waals surface area (Å²) in [5, 5.41) is 0. The first-order valence-corrected chi connectivity index (χ1v) is 9.47. The molecular formula is C21H27NO4. The first kappa shape index (κ1) is 17.7. The van der Waals surface area contributed by atoms with Gasteiger partial charge in [0.1, 0.15) is 0 Å². The summed E-state index contributed by atoms with van der Waals surface area (Å²) in [5.74, 6) is 0.407. The summed E-state index contributed by atoms with van der Waals surface area (Å²) < 4.78 is 11.3. The van der Waals surface area contributed by atoms with Gasteiger partial charge in [-0.2, -0.15) is 0 Å². The zero-order chi connectivity index (χ0) is 18.5. The lowest BCUT2D eigenvalue weighted by molar-refractivity contribution is -0.154. The van der Waals surface area contributed by atoms with Crippen LogP contribution in [0.1, 0.15) is 38.7 Å². The van der Waals surface area contributed by atoms with E-state index in [1.54, 1.807) is 0 Å². The number of esters is 1. The van der Waals surface area contributed by atoms with E-state index < -0.39 is 5.41 Å². The number of hydrogen-bond acceptors (Lipinski definition) is 5. The number of benzene rings is 1. The normalized spacial score (nSPS) is 33.5. The number of carbonyl (C=O) groups is 2. The number of carbonyl (C=O) groups excluding carboxylic acids is 2. The van der Waals surface area contributed by atoms with Crippen molar-refractivity contribution >= 4 is 11.8 Å². The van der Waals surface area contributed by atoms with Crippen LogP contribution >= 0.6 is 0 Å². The Morgan fingerprint density at radius 2 is 2.04 bits per heavy atom. The predicted molar refractivity (Wildman–Crippen MR) is 96.4 cm³/mol. The molecular weight excluding hydrogens is 330 g/mol. The molecule has 3 saturated heterocycles. The highest BCUT2D eigenvalue weighted by molar-refractivity contribution is 5.86. The second kappa shape index (κ2) is 6.46. The van der Waals surface area contributed by atoms with Crippen LogP contribution < -0.4 is 0 Å². The van der Waals surface area contributed by atoms with E-state index in [2.05, 4.69) is 17.0 Å². The standard InChI is InChI=1S/C21H27NO4/c1-21(2,20(24)25-3)11-18-14-9-15-16(23)10-17(26-18)19(14)22(15)12-13-7-5-4-6-8-13/h4-8,14-15,17-19H,9-12H2,1-3H3/t14-,15+,17?,18-,19-/m1/s1. The van der Waals surface area contributed by atoms with Crippen LogP contribution in [0.5, 0.6) is 0 Å². The number of piperidine rings is 1. The lowest BCUT2D eigenvalue weighted by Gasteiger charge is -2.36. The number of fused-ring (bicyclic) bond motifs is 1. The second-order valence-corrected chi connectivity index (χ2v) is 8.53. The maximum atomic E-state index is 12.6. The molecule has 0 saturated carbocycles. The molecule has 5 nitrogen and oxygen atoms in total. The fourth-order valence-electron chi connectivity index (χ4n) is 5.14. The van der Waals surface area contributed by atoms with Gasteiger partial charge >= 0.3 is 5.97 Å². The summed E-state index contributed by atoms with van der Waals surface area (Å²) in [6.45, 7) is 4.61. The summed E-state index contributed by atoms with van der Waals surface area (Å²) in [5.41, 5.74) is 0.648. The zero-order valence-corrected chi connectivity index (χ0v) is 15.7. The van der Waals surface area contributed by atoms with Crippen LogP contribution in [-0.4, -0.2) is 48.1 Å². The number of ketones is 1. The highest BCUT2D eigenvalue weighted by Gasteiger charge is 2.60. The van der Waals surface area contributed by atoms with Crippen molar-refractivity contribution in [2.75, 3.05) is 7.11 Å². The maximum absolute atomic E-state index is 12.6. The molecule has 3 aliphatic rings. The van der Waals surface area contributed by atoms with Crippen molar-refractivity contribution < 1.29 is 19.1 Å². The van der Waals surface area contributed by atoms with E-state index >= 15 is 0 Å². The molecule has 3 fully saturated rings. The summed E-state index contributed by atoms with van der Waals surface area (Å²) in [6, 6.07) is 10.6. The maximum Gasteiger partial charge on any atom is 0.311 e. The summed E-state index contributed by atoms with van der Waals surface area (Å²) >= 11 is 0. The minimum Gasteiger partial charge on any atom is -0.469 e. The van der Waals surface area contributed by atoms with Gasteiger partial charge in [-0.1, -0.05) is 30.3 Å². The minimum atomic E-state index is -0.579. The predicted octanol–water partition coefficient (Wildman–Crippen LogP) is 2.58. The molecule has 3 aliphatic heterocycles. The van der Waals surface area contributed by atoms with Crippen LogP contribution in [0.4, 0.5) is 0 Å². The van der Waals surface area contributed by atoms with Crippen molar-refractivity contribution in [1.29, 1.82) is 0 Å². The fraction of sp³-hybridized carbons (Fsp3) is 0.619. The van der Waals surface area contributed by atoms with Gasteiger partial charge in [-0.3, -0.25) is 14.5 Å². The quantitative estimate of drug-likeness (QED) is 0.758. The Hall–Kier alpha value is -1.72. The van der Waals surface area contributed by atoms with E-state index in [1.165, 1.54) is 12.7 Å². The molecule has 1 unspecified atom stereocenters. The molecule has 0 amide bonds. The van der Waals surface area contributed by atoms with E-state index in [1.807, 2.05) is 32.0 Å². The molecule has 0 spiro atoms. The van der Waals surface area contributed by atoms with Crippen molar-refractivity contribution in [2.24, 2.45) is 11.3 Å². The summed E-state index contributed by atoms with van der Waals surface area (Å²) in [7, 11) is 1.43. The van der Waals surface area contributed by atoms with E-state index in [-0.39, 0.29) is 30.3 Å². The minimum absolute atomic E-state index is 0.00547. The van der Waals surface area contributed by atoms with Gasteiger partial charge in [-0.15, -0.1) is 0 Å². The molecule has 1 aromatic rings. The molecule has 4 rings (SSSR count). The zero-order valence-electron chi connectivity index (χ0n) is 15.7. The lowest BCUT2D eigenvalue weighted by Crippen LogP contribution is -2.51. The van der Waals surface area contributed by atoms with Gasteiger partial charge < -0.3 is 9.47 Å². The van der Waals surface area contributed by atoms with E-state index in [4.69, 9.17) is 9.47 Å². The van der Waals surface area contributed by atoms with Crippen LogP contribution in [0.2, 0.25) is 0 Å². The molecule has 0 radical (unpaired) electrons. The van der Waals surface area contributed by atoms with E-state index in [0.29, 0.717) is 24.5 Å². The van der Waals surface area contributed by atoms with E-state index in [0.717, 1.165) is 13.0 Å². The average Bonchev–Trinajstić information content (AvgIpc) is 3.09. The third-order valence-electron chi connectivity index (χ3n) is 6.36. The molecule has 0 aliphatic carbocycles. The third-order valence-corrected chi connectivity index (χ3v) is 6.36. The monoisotopic (exact) mass is 357 g/mol. The van der Waals surface area contributed by atoms with Crippen molar-refractivity contribution in [3.05, 3.63) is 35.9 Å². The van der Waals surface area contributed by atoms with Gasteiger partial charge in [0.05, 0.1) is 30.8 Å². The largest absolute Gasteiger partial charge is 0.469 e. The molecule has 0 aromatic heterocycles. The van der Waals surface area contributed by atoms with Crippen LogP contribution in [-0.2, 0) is 25.6 Å². The molecule has 5 atom stereocenters. The Kier molecular flexibility index (Phi) is 4.40. The Morgan fingerprint density at radius 3 is 2.73 bits per heavy atom. The number of Topliss-reactive ketones (excluding diaryl/α,β-unsaturated/α-hetero) is 1. The summed E-state index contributed by atoms with van der Waals surface area (Å²) in [4.78, 5) is 27.0. The molecule has 1 aromatic carbocycles. The van der Waals surface area contributed by atoms with Crippen LogP contribution in [0, 0.1) is 11.3 Å². The van der Waals surface area contributed by atoms with Crippen molar-refractivity contribution in [3.8, 4) is 0 Å². The smallest absolute Gasteiger partial charge is 0.311 e. The highest BCUT2D eigenvalue weighted by Crippen LogP contribution is 2.50. The summed E-state index contributed by atoms with van der Waals surface area (Å²) in [6.07, 6.45) is 1.95. The molecule has 140 valence electrons. The molecule has 26 heavy (non-hydrogen) atoms. The number of rotatable bonds is 5. The number of nitrogens with zero attached hydrogens (tertiary/aromatic N) is 1. The Morgan fingerprint density at radius 1 is 1.31 bits per heavy atom. The van der Waals surface area contributed by atoms with Gasteiger partial charge in [0.2, 0.25) is 0 Å². The van der Waals surface area contributed by atoms with E-state index in [9.17, 15) is 9.59 Å².